The van der Waals surface area contributed by atoms with E-state index in [-0.39, 0.29) is 6.04 Å². The Bertz CT molecular complexity index is 1430. The standard InChI is InChI=1S/C42H65N5/c1-30(2)41(31(3)4)45(14)34(8)22-23-39-24-26-40(27-25-39)44(13)37(11)29-43-38(12)42(32(5)6)46(15)33(7)19-17-16-18-28-47-35(9)20-21-36(47)10/h20-21,24-27,31-32,41-43H,1,7-12,16-19,22-23,28-29H2,2-6,13-15H3. The van der Waals surface area contributed by atoms with Gasteiger partial charge >= 0.3 is 0 Å². The third-order valence-corrected chi connectivity index (χ3v) is 9.49. The highest BCUT2D eigenvalue weighted by Crippen LogP contribution is 2.25. The number of benzene rings is 1. The van der Waals surface area contributed by atoms with E-state index in [4.69, 9.17) is 0 Å². The minimum absolute atomic E-state index is 0.141. The first-order valence-electron chi connectivity index (χ1n) is 17.3. The number of hydrogen-bond donors (Lipinski definition) is 1. The average Bonchev–Trinajstić information content (AvgIpc) is 3.33. The van der Waals surface area contributed by atoms with E-state index in [0.717, 1.165) is 84.2 Å². The number of hydrogen-bond acceptors (Lipinski definition) is 4. The Balaban J connectivity index is 1.85. The predicted molar refractivity (Wildman–Crippen MR) is 209 cm³/mol. The number of nitrogens with zero attached hydrogens (tertiary/aromatic N) is 4. The van der Waals surface area contributed by atoms with E-state index in [2.05, 4.69) is 151 Å². The molecule has 0 aliphatic heterocycles. The Labute approximate surface area is 288 Å². The molecule has 0 amide bonds. The summed E-state index contributed by atoms with van der Waals surface area (Å²) in [5.41, 5.74) is 7.86. The molecular weight excluding hydrogens is 574 g/mol. The summed E-state index contributed by atoms with van der Waals surface area (Å²) in [5.74, 6) is 0.870. The molecule has 5 heteroatoms. The van der Waals surface area contributed by atoms with Gasteiger partial charge in [-0.25, -0.2) is 0 Å². The number of nitrogens with one attached hydrogen (secondary N) is 1. The second kappa shape index (κ2) is 18.5. The maximum Gasteiger partial charge on any atom is 0.0698 e. The third-order valence-electron chi connectivity index (χ3n) is 9.49. The lowest BCUT2D eigenvalue weighted by Crippen LogP contribution is -2.41. The van der Waals surface area contributed by atoms with E-state index in [9.17, 15) is 0 Å². The van der Waals surface area contributed by atoms with Crippen LogP contribution in [0.25, 0.3) is 13.2 Å². The van der Waals surface area contributed by atoms with Crippen LogP contribution in [0, 0.1) is 11.8 Å². The zero-order chi connectivity index (χ0) is 35.4. The highest BCUT2D eigenvalue weighted by atomic mass is 15.2. The summed E-state index contributed by atoms with van der Waals surface area (Å²) in [6.45, 7) is 42.7. The molecule has 47 heavy (non-hydrogen) atoms. The third kappa shape index (κ3) is 11.4. The normalized spacial score (nSPS) is 12.5. The monoisotopic (exact) mass is 640 g/mol. The van der Waals surface area contributed by atoms with Gasteiger partial charge in [0.1, 0.15) is 0 Å². The van der Waals surface area contributed by atoms with Crippen molar-refractivity contribution < 1.29 is 0 Å². The second-order valence-corrected chi connectivity index (χ2v) is 14.0. The highest BCUT2D eigenvalue weighted by Gasteiger charge is 2.23. The summed E-state index contributed by atoms with van der Waals surface area (Å²) in [5, 5.41) is 5.65. The molecule has 0 bridgehead atoms. The zero-order valence-electron chi connectivity index (χ0n) is 31.2. The lowest BCUT2D eigenvalue weighted by atomic mass is 9.95. The summed E-state index contributed by atoms with van der Waals surface area (Å²) in [7, 11) is 6.35. The maximum atomic E-state index is 4.44. The molecule has 2 unspecified atom stereocenters. The van der Waals surface area contributed by atoms with E-state index in [1.54, 1.807) is 0 Å². The van der Waals surface area contributed by atoms with Gasteiger partial charge in [0, 0.05) is 66.9 Å². The van der Waals surface area contributed by atoms with Crippen LogP contribution in [0.5, 0.6) is 0 Å². The van der Waals surface area contributed by atoms with Crippen LogP contribution in [-0.4, -0.2) is 54.1 Å². The van der Waals surface area contributed by atoms with E-state index in [0.29, 0.717) is 24.4 Å². The second-order valence-electron chi connectivity index (χ2n) is 14.0. The summed E-state index contributed by atoms with van der Waals surface area (Å²) in [4.78, 5) is 6.74. The Kier molecular flexibility index (Phi) is 15.5. The number of aromatic nitrogens is 1. The van der Waals surface area contributed by atoms with Crippen LogP contribution in [0.3, 0.4) is 0 Å². The molecule has 0 aliphatic carbocycles. The minimum atomic E-state index is 0.141. The maximum absolute atomic E-state index is 4.44. The van der Waals surface area contributed by atoms with Crippen molar-refractivity contribution in [3.8, 4) is 0 Å². The first-order chi connectivity index (χ1) is 22.1. The van der Waals surface area contributed by atoms with Gasteiger partial charge in [0.15, 0.2) is 0 Å². The summed E-state index contributed by atoms with van der Waals surface area (Å²) < 4.78 is 2.19. The number of aryl methyl sites for hydroxylation is 1. The molecule has 1 N–H and O–H groups in total. The topological polar surface area (TPSA) is 26.7 Å². The van der Waals surface area contributed by atoms with E-state index in [1.165, 1.54) is 11.1 Å². The van der Waals surface area contributed by atoms with Crippen molar-refractivity contribution in [2.24, 2.45) is 11.8 Å². The number of rotatable bonds is 22. The lowest BCUT2D eigenvalue weighted by Gasteiger charge is -2.36. The molecule has 0 spiro atoms. The zero-order valence-corrected chi connectivity index (χ0v) is 31.2. The van der Waals surface area contributed by atoms with E-state index >= 15 is 0 Å². The fraction of sp³-hybridized carbons (Fsp3) is 0.476. The largest absolute Gasteiger partial charge is 0.382 e. The molecule has 1 aromatic carbocycles. The molecule has 5 nitrogen and oxygen atoms in total. The number of anilines is 1. The van der Waals surface area contributed by atoms with Crippen LogP contribution in [-0.2, 0) is 13.0 Å². The number of unbranched alkanes of at least 4 members (excludes halogenated alkanes) is 2. The van der Waals surface area contributed by atoms with Gasteiger partial charge in [-0.05, 0) is 80.7 Å². The van der Waals surface area contributed by atoms with Crippen LogP contribution in [0.4, 0.5) is 5.69 Å². The SMILES string of the molecule is C=C(C)C(C(C)C)N(C)C(=C)CCc1ccc(N(C)C(=C)CNC(=C)C(C(C)C)N(C)C(=C)CCCCCn2c(=C)ccc2=C)cc1. The van der Waals surface area contributed by atoms with Crippen LogP contribution in [0.15, 0.2) is 97.7 Å². The molecule has 2 aromatic rings. The fourth-order valence-corrected chi connectivity index (χ4v) is 6.59. The minimum Gasteiger partial charge on any atom is -0.382 e. The molecule has 0 radical (unpaired) electrons. The number of allylic oxidation sites excluding steroid dienone is 2. The van der Waals surface area contributed by atoms with Gasteiger partial charge in [0.05, 0.1) is 18.6 Å². The van der Waals surface area contributed by atoms with Crippen LogP contribution >= 0.6 is 0 Å². The molecule has 0 fully saturated rings. The van der Waals surface area contributed by atoms with Gasteiger partial charge in [-0.1, -0.05) is 97.9 Å². The first kappa shape index (κ1) is 39.3. The predicted octanol–water partition coefficient (Wildman–Crippen LogP) is 8.07. The molecule has 1 heterocycles. The van der Waals surface area contributed by atoms with Crippen molar-refractivity contribution in [3.05, 3.63) is 114 Å². The van der Waals surface area contributed by atoms with Crippen molar-refractivity contribution in [1.82, 2.24) is 19.7 Å². The van der Waals surface area contributed by atoms with Gasteiger partial charge in [0.2, 0.25) is 0 Å². The molecular formula is C42H65N5. The van der Waals surface area contributed by atoms with Crippen molar-refractivity contribution >= 4 is 18.8 Å². The Morgan fingerprint density at radius 3 is 1.77 bits per heavy atom. The van der Waals surface area contributed by atoms with Gasteiger partial charge in [-0.2, -0.15) is 0 Å². The quantitative estimate of drug-likeness (QED) is 0.104. The van der Waals surface area contributed by atoms with Crippen molar-refractivity contribution in [3.63, 3.8) is 0 Å². The van der Waals surface area contributed by atoms with E-state index in [1.807, 2.05) is 12.1 Å². The summed E-state index contributed by atoms with van der Waals surface area (Å²) in [6.07, 6.45) is 6.20. The van der Waals surface area contributed by atoms with Gasteiger partial charge in [-0.15, -0.1) is 0 Å². The fourth-order valence-electron chi connectivity index (χ4n) is 6.59. The molecule has 258 valence electrons. The van der Waals surface area contributed by atoms with Crippen molar-refractivity contribution in [2.45, 2.75) is 91.8 Å². The van der Waals surface area contributed by atoms with Crippen LogP contribution in [0.2, 0.25) is 0 Å². The molecule has 1 aromatic heterocycles. The Morgan fingerprint density at radius 1 is 0.702 bits per heavy atom. The van der Waals surface area contributed by atoms with Crippen LogP contribution in [0.1, 0.15) is 72.3 Å². The smallest absolute Gasteiger partial charge is 0.0698 e. The molecule has 0 saturated carbocycles. The van der Waals surface area contributed by atoms with E-state index < -0.39 is 0 Å². The lowest BCUT2D eigenvalue weighted by molar-refractivity contribution is 0.258. The van der Waals surface area contributed by atoms with Gasteiger partial charge in [-0.3, -0.25) is 0 Å². The molecule has 0 saturated heterocycles. The average molecular weight is 640 g/mol. The Hall–Kier alpha value is -3.86. The van der Waals surface area contributed by atoms with Gasteiger partial charge < -0.3 is 24.6 Å². The van der Waals surface area contributed by atoms with Crippen molar-refractivity contribution in [2.75, 3.05) is 32.6 Å². The first-order valence-corrected chi connectivity index (χ1v) is 17.3. The van der Waals surface area contributed by atoms with Crippen molar-refractivity contribution in [1.29, 1.82) is 0 Å². The van der Waals surface area contributed by atoms with Crippen LogP contribution < -0.4 is 20.9 Å². The summed E-state index contributed by atoms with van der Waals surface area (Å²) in [6, 6.07) is 13.3. The molecule has 2 atom stereocenters. The molecule has 0 aliphatic rings. The van der Waals surface area contributed by atoms with Gasteiger partial charge in [0.25, 0.3) is 0 Å². The summed E-state index contributed by atoms with van der Waals surface area (Å²) >= 11 is 0. The highest BCUT2D eigenvalue weighted by molar-refractivity contribution is 5.52. The Morgan fingerprint density at radius 2 is 1.23 bits per heavy atom. The number of likely N-dealkylation sites (N-methyl/N-ethyl adjacent to an activating group) is 3. The molecule has 2 rings (SSSR count).